The number of carbonyl (C=O) groups is 1. The number of hydrogen-bond acceptors (Lipinski definition) is 4. The first-order valence-corrected chi connectivity index (χ1v) is 9.92. The van der Waals surface area contributed by atoms with E-state index in [-0.39, 0.29) is 21.5 Å². The number of alkyl halides is 3. The molecule has 3 rings (SSSR count). The minimum absolute atomic E-state index is 0.121. The highest BCUT2D eigenvalue weighted by atomic mass is 32.1. The van der Waals surface area contributed by atoms with Gasteiger partial charge in [0.25, 0.3) is 11.5 Å². The normalized spacial score (nSPS) is 11.7. The van der Waals surface area contributed by atoms with E-state index in [4.69, 9.17) is 17.0 Å². The minimum atomic E-state index is -4.76. The van der Waals surface area contributed by atoms with Crippen molar-refractivity contribution in [1.82, 2.24) is 14.9 Å². The highest BCUT2D eigenvalue weighted by Gasteiger charge is 2.33. The molecule has 1 amide bonds. The fourth-order valence-electron chi connectivity index (χ4n) is 3.21. The summed E-state index contributed by atoms with van der Waals surface area (Å²) >= 11 is 5.23. The Morgan fingerprint density at radius 2 is 1.97 bits per heavy atom. The molecule has 0 aliphatic rings. The van der Waals surface area contributed by atoms with Crippen LogP contribution < -0.4 is 10.9 Å². The van der Waals surface area contributed by atoms with Crippen molar-refractivity contribution in [3.63, 3.8) is 0 Å². The van der Waals surface area contributed by atoms with Crippen molar-refractivity contribution in [2.24, 2.45) is 0 Å². The van der Waals surface area contributed by atoms with Crippen molar-refractivity contribution < 1.29 is 27.1 Å². The number of H-pyrrole nitrogens is 1. The Bertz CT molecular complexity index is 1270. The molecule has 11 heteroatoms. The molecule has 170 valence electrons. The van der Waals surface area contributed by atoms with Crippen molar-refractivity contribution in [1.29, 1.82) is 0 Å². The van der Waals surface area contributed by atoms with Gasteiger partial charge in [-0.2, -0.15) is 13.2 Å². The lowest BCUT2D eigenvalue weighted by molar-refractivity contribution is -0.138. The van der Waals surface area contributed by atoms with Crippen molar-refractivity contribution in [2.45, 2.75) is 25.7 Å². The van der Waals surface area contributed by atoms with E-state index >= 15 is 0 Å². The smallest absolute Gasteiger partial charge is 0.385 e. The van der Waals surface area contributed by atoms with Crippen LogP contribution in [-0.4, -0.2) is 29.2 Å². The van der Waals surface area contributed by atoms with Gasteiger partial charge in [-0.3, -0.25) is 14.2 Å². The fourth-order valence-corrected chi connectivity index (χ4v) is 3.49. The predicted octanol–water partition coefficient (Wildman–Crippen LogP) is 4.18. The number of methoxy groups -OCH3 is 1. The summed E-state index contributed by atoms with van der Waals surface area (Å²) in [6.07, 6.45) is -4.17. The van der Waals surface area contributed by atoms with Gasteiger partial charge in [-0.1, -0.05) is 6.07 Å². The number of ether oxygens (including phenoxy) is 1. The summed E-state index contributed by atoms with van der Waals surface area (Å²) in [6.45, 7) is 0.366. The Kier molecular flexibility index (Phi) is 7.09. The number of fused-ring (bicyclic) bond motifs is 1. The SMILES string of the molecule is COCCCn1c(=S)[nH]c2cc(C(=O)NCc3ccc(F)cc3C(F)(F)F)ccc2c1=O. The van der Waals surface area contributed by atoms with Gasteiger partial charge in [0, 0.05) is 32.4 Å². The average molecular weight is 469 g/mol. The minimum Gasteiger partial charge on any atom is -0.385 e. The van der Waals surface area contributed by atoms with E-state index in [1.165, 1.54) is 22.8 Å². The Morgan fingerprint density at radius 3 is 2.66 bits per heavy atom. The first kappa shape index (κ1) is 23.6. The van der Waals surface area contributed by atoms with Gasteiger partial charge in [0.2, 0.25) is 0 Å². The molecule has 0 aliphatic heterocycles. The van der Waals surface area contributed by atoms with E-state index in [9.17, 15) is 27.2 Å². The second kappa shape index (κ2) is 9.61. The summed E-state index contributed by atoms with van der Waals surface area (Å²) in [5.74, 6) is -1.68. The third kappa shape index (κ3) is 5.22. The van der Waals surface area contributed by atoms with E-state index in [1.807, 2.05) is 0 Å². The number of rotatable bonds is 7. The van der Waals surface area contributed by atoms with Crippen LogP contribution in [0.5, 0.6) is 0 Å². The van der Waals surface area contributed by atoms with Gasteiger partial charge in [0.15, 0.2) is 4.77 Å². The standard InChI is InChI=1S/C21H19F4N3O3S/c1-31-8-2-7-28-19(30)15-6-4-12(9-17(15)27-20(28)32)18(29)26-11-13-3-5-14(22)10-16(13)21(23,24)25/h3-6,9-10H,2,7-8,11H2,1H3,(H,26,29)(H,27,32). The third-order valence-corrected chi connectivity index (χ3v) is 5.11. The molecule has 0 unspecified atom stereocenters. The molecule has 32 heavy (non-hydrogen) atoms. The van der Waals surface area contributed by atoms with Crippen LogP contribution in [0.15, 0.2) is 41.2 Å². The average Bonchev–Trinajstić information content (AvgIpc) is 2.74. The summed E-state index contributed by atoms with van der Waals surface area (Å²) in [7, 11) is 1.55. The van der Waals surface area contributed by atoms with Gasteiger partial charge >= 0.3 is 6.18 Å². The summed E-state index contributed by atoms with van der Waals surface area (Å²) < 4.78 is 59.2. The Hall–Kier alpha value is -3.05. The number of aromatic nitrogens is 2. The molecule has 2 aromatic carbocycles. The molecule has 2 N–H and O–H groups in total. The number of carbonyl (C=O) groups excluding carboxylic acids is 1. The van der Waals surface area contributed by atoms with Crippen LogP contribution in [0, 0.1) is 10.6 Å². The Labute approximate surface area is 184 Å². The van der Waals surface area contributed by atoms with Crippen molar-refractivity contribution in [2.75, 3.05) is 13.7 Å². The van der Waals surface area contributed by atoms with Gasteiger partial charge < -0.3 is 15.0 Å². The lowest BCUT2D eigenvalue weighted by Gasteiger charge is -2.14. The monoisotopic (exact) mass is 469 g/mol. The molecule has 1 aromatic heterocycles. The fraction of sp³-hybridized carbons (Fsp3) is 0.286. The van der Waals surface area contributed by atoms with Gasteiger partial charge in [-0.25, -0.2) is 4.39 Å². The summed E-state index contributed by atoms with van der Waals surface area (Å²) in [4.78, 5) is 28.1. The zero-order valence-corrected chi connectivity index (χ0v) is 17.7. The van der Waals surface area contributed by atoms with Crippen LogP contribution in [0.25, 0.3) is 10.9 Å². The lowest BCUT2D eigenvalue weighted by Crippen LogP contribution is -2.25. The highest BCUT2D eigenvalue weighted by molar-refractivity contribution is 7.71. The zero-order valence-electron chi connectivity index (χ0n) is 16.9. The number of amides is 1. The van der Waals surface area contributed by atoms with Crippen molar-refractivity contribution in [3.05, 3.63) is 74.0 Å². The highest BCUT2D eigenvalue weighted by Crippen LogP contribution is 2.32. The van der Waals surface area contributed by atoms with Crippen LogP contribution in [0.3, 0.4) is 0 Å². The Morgan fingerprint density at radius 1 is 1.22 bits per heavy atom. The first-order valence-electron chi connectivity index (χ1n) is 9.51. The number of nitrogens with zero attached hydrogens (tertiary/aromatic N) is 1. The summed E-state index contributed by atoms with van der Waals surface area (Å²) in [5.41, 5.74) is -1.31. The molecule has 0 radical (unpaired) electrons. The van der Waals surface area contributed by atoms with E-state index in [0.717, 1.165) is 12.1 Å². The van der Waals surface area contributed by atoms with Crippen LogP contribution in [0.2, 0.25) is 0 Å². The Balaban J connectivity index is 1.83. The molecule has 6 nitrogen and oxygen atoms in total. The number of aromatic amines is 1. The van der Waals surface area contributed by atoms with Crippen LogP contribution in [0.4, 0.5) is 17.6 Å². The summed E-state index contributed by atoms with van der Waals surface area (Å²) in [6, 6.07) is 6.49. The van der Waals surface area contributed by atoms with E-state index in [2.05, 4.69) is 10.3 Å². The number of hydrogen-bond donors (Lipinski definition) is 2. The topological polar surface area (TPSA) is 76.1 Å². The predicted molar refractivity (Wildman–Crippen MR) is 112 cm³/mol. The molecule has 0 fully saturated rings. The first-order chi connectivity index (χ1) is 15.1. The maximum absolute atomic E-state index is 13.2. The third-order valence-electron chi connectivity index (χ3n) is 4.79. The molecule has 0 saturated heterocycles. The van der Waals surface area contributed by atoms with Gasteiger partial charge in [-0.15, -0.1) is 0 Å². The second-order valence-corrected chi connectivity index (χ2v) is 7.36. The van der Waals surface area contributed by atoms with Crippen LogP contribution in [0.1, 0.15) is 27.9 Å². The number of nitrogens with one attached hydrogen (secondary N) is 2. The van der Waals surface area contributed by atoms with Crippen LogP contribution >= 0.6 is 12.2 Å². The lowest BCUT2D eigenvalue weighted by atomic mass is 10.1. The van der Waals surface area contributed by atoms with Gasteiger partial charge in [-0.05, 0) is 54.5 Å². The molecular formula is C21H19F4N3O3S. The molecule has 3 aromatic rings. The molecular weight excluding hydrogens is 450 g/mol. The molecule has 0 atom stereocenters. The quantitative estimate of drug-likeness (QED) is 0.309. The molecule has 0 bridgehead atoms. The molecule has 0 aliphatic carbocycles. The van der Waals surface area contributed by atoms with Crippen molar-refractivity contribution >= 4 is 29.0 Å². The van der Waals surface area contributed by atoms with Crippen LogP contribution in [-0.2, 0) is 24.0 Å². The van der Waals surface area contributed by atoms with E-state index < -0.39 is 30.0 Å². The van der Waals surface area contributed by atoms with Crippen molar-refractivity contribution in [3.8, 4) is 0 Å². The maximum Gasteiger partial charge on any atom is 0.416 e. The summed E-state index contributed by atoms with van der Waals surface area (Å²) in [5, 5.41) is 2.70. The molecule has 1 heterocycles. The maximum atomic E-state index is 13.2. The van der Waals surface area contributed by atoms with Gasteiger partial charge in [0.1, 0.15) is 5.82 Å². The largest absolute Gasteiger partial charge is 0.416 e. The molecule has 0 saturated carbocycles. The second-order valence-electron chi connectivity index (χ2n) is 6.98. The van der Waals surface area contributed by atoms with E-state index in [1.54, 1.807) is 7.11 Å². The number of halogens is 4. The van der Waals surface area contributed by atoms with E-state index in [0.29, 0.717) is 36.5 Å². The zero-order chi connectivity index (χ0) is 23.5. The number of benzene rings is 2. The molecule has 0 spiro atoms. The van der Waals surface area contributed by atoms with Gasteiger partial charge in [0.05, 0.1) is 16.5 Å².